The van der Waals surface area contributed by atoms with Gasteiger partial charge in [0.2, 0.25) is 0 Å². The van der Waals surface area contributed by atoms with E-state index in [9.17, 15) is 4.79 Å². The first-order valence-electron chi connectivity index (χ1n) is 7.61. The molecule has 0 amide bonds. The van der Waals surface area contributed by atoms with Crippen LogP contribution in [0.2, 0.25) is 0 Å². The largest absolute Gasteiger partial charge is 0.493 e. The van der Waals surface area contributed by atoms with E-state index < -0.39 is 0 Å². The Hall–Kier alpha value is -2.27. The first-order valence-corrected chi connectivity index (χ1v) is 8.49. The number of nitrogens with zero attached hydrogens (tertiary/aromatic N) is 1. The number of aryl methyl sites for hydroxylation is 1. The molecular weight excluding hydrogens is 310 g/mol. The number of pyridine rings is 1. The number of rotatable bonds is 5. The Kier molecular flexibility index (Phi) is 4.39. The van der Waals surface area contributed by atoms with Gasteiger partial charge in [-0.15, -0.1) is 11.3 Å². The van der Waals surface area contributed by atoms with Crippen molar-refractivity contribution in [2.45, 2.75) is 20.4 Å². The predicted octanol–water partition coefficient (Wildman–Crippen LogP) is 4.16. The van der Waals surface area contributed by atoms with Crippen LogP contribution in [0, 0.1) is 0 Å². The van der Waals surface area contributed by atoms with Crippen LogP contribution in [-0.4, -0.2) is 18.3 Å². The van der Waals surface area contributed by atoms with Crippen LogP contribution in [0.3, 0.4) is 0 Å². The Balaban J connectivity index is 2.36. The SMILES string of the molecule is CCOc1cc2c(cc1OC)c(=O)cc(-c1cccs1)n2CC. The van der Waals surface area contributed by atoms with Gasteiger partial charge in [-0.05, 0) is 31.4 Å². The second-order valence-corrected chi connectivity index (χ2v) is 6.02. The third-order valence-corrected chi connectivity index (χ3v) is 4.68. The standard InChI is InChI=1S/C18H19NO3S/c1-4-19-13-11-17(22-5-2)16(21-3)9-12(13)15(20)10-14(19)18-7-6-8-23-18/h6-11H,4-5H2,1-3H3. The third kappa shape index (κ3) is 2.72. The van der Waals surface area contributed by atoms with Gasteiger partial charge in [-0.1, -0.05) is 6.07 Å². The molecule has 3 rings (SSSR count). The first-order chi connectivity index (χ1) is 11.2. The Morgan fingerprint density at radius 1 is 1.17 bits per heavy atom. The highest BCUT2D eigenvalue weighted by Gasteiger charge is 2.15. The maximum atomic E-state index is 12.6. The van der Waals surface area contributed by atoms with E-state index >= 15 is 0 Å². The zero-order valence-electron chi connectivity index (χ0n) is 13.5. The molecule has 0 bridgehead atoms. The van der Waals surface area contributed by atoms with E-state index in [1.165, 1.54) is 0 Å². The number of methoxy groups -OCH3 is 1. The molecule has 0 aliphatic heterocycles. The monoisotopic (exact) mass is 329 g/mol. The van der Waals surface area contributed by atoms with Crippen molar-refractivity contribution in [2.75, 3.05) is 13.7 Å². The van der Waals surface area contributed by atoms with Gasteiger partial charge in [0.25, 0.3) is 0 Å². The topological polar surface area (TPSA) is 40.5 Å². The number of ether oxygens (including phenoxy) is 2. The molecule has 0 saturated heterocycles. The minimum atomic E-state index is -0.00514. The summed E-state index contributed by atoms with van der Waals surface area (Å²) in [6.07, 6.45) is 0. The summed E-state index contributed by atoms with van der Waals surface area (Å²) >= 11 is 1.63. The van der Waals surface area contributed by atoms with Crippen LogP contribution in [0.4, 0.5) is 0 Å². The lowest BCUT2D eigenvalue weighted by atomic mass is 10.1. The van der Waals surface area contributed by atoms with Crippen LogP contribution in [0.15, 0.2) is 40.5 Å². The lowest BCUT2D eigenvalue weighted by Crippen LogP contribution is -2.11. The predicted molar refractivity (Wildman–Crippen MR) is 94.9 cm³/mol. The van der Waals surface area contributed by atoms with Gasteiger partial charge in [0.15, 0.2) is 16.9 Å². The van der Waals surface area contributed by atoms with Gasteiger partial charge in [-0.25, -0.2) is 0 Å². The number of hydrogen-bond acceptors (Lipinski definition) is 4. The fraction of sp³-hybridized carbons (Fsp3) is 0.278. The van der Waals surface area contributed by atoms with E-state index in [-0.39, 0.29) is 5.43 Å². The fourth-order valence-corrected chi connectivity index (χ4v) is 3.53. The number of hydrogen-bond donors (Lipinski definition) is 0. The van der Waals surface area contributed by atoms with Crippen molar-refractivity contribution < 1.29 is 9.47 Å². The zero-order chi connectivity index (χ0) is 16.4. The maximum absolute atomic E-state index is 12.6. The molecule has 1 aromatic carbocycles. The Morgan fingerprint density at radius 2 is 2.00 bits per heavy atom. The van der Waals surface area contributed by atoms with Gasteiger partial charge in [0.1, 0.15) is 0 Å². The molecule has 0 atom stereocenters. The first kappa shape index (κ1) is 15.6. The van der Waals surface area contributed by atoms with Crippen molar-refractivity contribution in [2.24, 2.45) is 0 Å². The summed E-state index contributed by atoms with van der Waals surface area (Å²) in [5, 5.41) is 2.66. The molecule has 0 N–H and O–H groups in total. The minimum absolute atomic E-state index is 0.00514. The maximum Gasteiger partial charge on any atom is 0.190 e. The smallest absolute Gasteiger partial charge is 0.190 e. The molecule has 2 aromatic heterocycles. The molecule has 4 nitrogen and oxygen atoms in total. The van der Waals surface area contributed by atoms with Crippen molar-refractivity contribution in [3.8, 4) is 22.1 Å². The van der Waals surface area contributed by atoms with Crippen molar-refractivity contribution in [3.05, 3.63) is 45.9 Å². The summed E-state index contributed by atoms with van der Waals surface area (Å²) in [6.45, 7) is 5.31. The molecule has 0 aliphatic carbocycles. The molecule has 2 heterocycles. The van der Waals surface area contributed by atoms with E-state index in [2.05, 4.69) is 11.5 Å². The minimum Gasteiger partial charge on any atom is -0.493 e. The summed E-state index contributed by atoms with van der Waals surface area (Å²) in [5.74, 6) is 1.25. The summed E-state index contributed by atoms with van der Waals surface area (Å²) in [6, 6.07) is 9.41. The Morgan fingerprint density at radius 3 is 2.61 bits per heavy atom. The zero-order valence-corrected chi connectivity index (χ0v) is 14.3. The average Bonchev–Trinajstić information content (AvgIpc) is 3.09. The quantitative estimate of drug-likeness (QED) is 0.706. The van der Waals surface area contributed by atoms with Gasteiger partial charge < -0.3 is 14.0 Å². The van der Waals surface area contributed by atoms with Crippen molar-refractivity contribution >= 4 is 22.2 Å². The van der Waals surface area contributed by atoms with Crippen molar-refractivity contribution in [1.29, 1.82) is 0 Å². The third-order valence-electron chi connectivity index (χ3n) is 3.79. The van der Waals surface area contributed by atoms with E-state index in [4.69, 9.17) is 9.47 Å². The summed E-state index contributed by atoms with van der Waals surface area (Å²) in [7, 11) is 1.59. The van der Waals surface area contributed by atoms with E-state index in [0.717, 1.165) is 22.6 Å². The molecule has 0 radical (unpaired) electrons. The van der Waals surface area contributed by atoms with Gasteiger partial charge in [0.05, 0.1) is 29.8 Å². The van der Waals surface area contributed by atoms with Gasteiger partial charge in [-0.3, -0.25) is 4.79 Å². The highest BCUT2D eigenvalue weighted by atomic mass is 32.1. The molecule has 120 valence electrons. The van der Waals surface area contributed by atoms with Crippen molar-refractivity contribution in [1.82, 2.24) is 4.57 Å². The van der Waals surface area contributed by atoms with Crippen LogP contribution in [-0.2, 0) is 6.54 Å². The number of fused-ring (bicyclic) bond motifs is 1. The molecule has 5 heteroatoms. The number of aromatic nitrogens is 1. The molecule has 23 heavy (non-hydrogen) atoms. The van der Waals surface area contributed by atoms with Gasteiger partial charge in [0, 0.05) is 24.1 Å². The second-order valence-electron chi connectivity index (χ2n) is 5.07. The molecule has 0 aliphatic rings. The summed E-state index contributed by atoms with van der Waals surface area (Å²) in [4.78, 5) is 13.7. The van der Waals surface area contributed by atoms with E-state index in [1.807, 2.05) is 30.5 Å². The lowest BCUT2D eigenvalue weighted by Gasteiger charge is -2.17. The molecule has 0 unspecified atom stereocenters. The van der Waals surface area contributed by atoms with Crippen LogP contribution in [0.25, 0.3) is 21.5 Å². The van der Waals surface area contributed by atoms with Crippen molar-refractivity contribution in [3.63, 3.8) is 0 Å². The summed E-state index contributed by atoms with van der Waals surface area (Å²) in [5.41, 5.74) is 1.80. The lowest BCUT2D eigenvalue weighted by molar-refractivity contribution is 0.311. The van der Waals surface area contributed by atoms with E-state index in [1.54, 1.807) is 30.6 Å². The Bertz CT molecular complexity index is 881. The molecular formula is C18H19NO3S. The van der Waals surface area contributed by atoms with E-state index in [0.29, 0.717) is 23.5 Å². The van der Waals surface area contributed by atoms with Crippen LogP contribution < -0.4 is 14.9 Å². The molecule has 0 fully saturated rings. The molecule has 0 saturated carbocycles. The second kappa shape index (κ2) is 6.46. The van der Waals surface area contributed by atoms with Gasteiger partial charge >= 0.3 is 0 Å². The molecule has 3 aromatic rings. The van der Waals surface area contributed by atoms with Crippen LogP contribution >= 0.6 is 11.3 Å². The number of benzene rings is 1. The summed E-state index contributed by atoms with van der Waals surface area (Å²) < 4.78 is 13.2. The molecule has 0 spiro atoms. The fourth-order valence-electron chi connectivity index (χ4n) is 2.78. The number of thiophene rings is 1. The highest BCUT2D eigenvalue weighted by Crippen LogP contribution is 2.34. The van der Waals surface area contributed by atoms with Crippen LogP contribution in [0.1, 0.15) is 13.8 Å². The Labute approximate surface area is 138 Å². The van der Waals surface area contributed by atoms with Gasteiger partial charge in [-0.2, -0.15) is 0 Å². The highest BCUT2D eigenvalue weighted by molar-refractivity contribution is 7.13. The van der Waals surface area contributed by atoms with Crippen LogP contribution in [0.5, 0.6) is 11.5 Å². The normalized spacial score (nSPS) is 10.9. The average molecular weight is 329 g/mol.